The van der Waals surface area contributed by atoms with Crippen molar-refractivity contribution in [1.29, 1.82) is 0 Å². The van der Waals surface area contributed by atoms with E-state index in [1.165, 1.54) is 50.9 Å². The number of hydrogen-bond donors (Lipinski definition) is 1. The summed E-state index contributed by atoms with van der Waals surface area (Å²) in [5, 5.41) is 3.41. The minimum atomic E-state index is 0.361. The van der Waals surface area contributed by atoms with Crippen molar-refractivity contribution < 1.29 is 9.47 Å². The highest BCUT2D eigenvalue weighted by Crippen LogP contribution is 2.42. The molecule has 1 saturated heterocycles. The Morgan fingerprint density at radius 2 is 2.22 bits per heavy atom. The highest BCUT2D eigenvalue weighted by molar-refractivity contribution is 5.28. The minimum absolute atomic E-state index is 0.361. The van der Waals surface area contributed by atoms with Gasteiger partial charge in [0.1, 0.15) is 5.75 Å². The number of ether oxygens (including phenoxy) is 2. The van der Waals surface area contributed by atoms with Crippen LogP contribution >= 0.6 is 0 Å². The van der Waals surface area contributed by atoms with Crippen LogP contribution in [0.1, 0.15) is 31.2 Å². The van der Waals surface area contributed by atoms with Crippen molar-refractivity contribution in [2.45, 2.75) is 38.3 Å². The maximum atomic E-state index is 6.17. The van der Waals surface area contributed by atoms with E-state index in [1.807, 2.05) is 0 Å². The smallest absolute Gasteiger partial charge is 0.119 e. The third kappa shape index (κ3) is 4.25. The van der Waals surface area contributed by atoms with E-state index >= 15 is 0 Å². The Labute approximate surface area is 140 Å². The second-order valence-electron chi connectivity index (χ2n) is 7.23. The Hall–Kier alpha value is -1.10. The first-order chi connectivity index (χ1) is 11.2. The molecule has 2 fully saturated rings. The van der Waals surface area contributed by atoms with Crippen LogP contribution in [0.25, 0.3) is 0 Å². The van der Waals surface area contributed by atoms with Crippen molar-refractivity contribution in [2.24, 2.45) is 5.41 Å². The molecular weight excluding hydrogens is 288 g/mol. The molecule has 0 aromatic heterocycles. The lowest BCUT2D eigenvalue weighted by Gasteiger charge is -2.44. The normalized spacial score (nSPS) is 23.7. The number of likely N-dealkylation sites (N-methyl/N-ethyl adjacent to an activating group) is 1. The van der Waals surface area contributed by atoms with Crippen LogP contribution in [0.2, 0.25) is 0 Å². The molecule has 1 aromatic carbocycles. The van der Waals surface area contributed by atoms with Crippen molar-refractivity contribution in [3.63, 3.8) is 0 Å². The quantitative estimate of drug-likeness (QED) is 0.799. The first-order valence-electron chi connectivity index (χ1n) is 8.83. The number of rotatable bonds is 8. The van der Waals surface area contributed by atoms with Gasteiger partial charge in [0.25, 0.3) is 0 Å². The number of nitrogens with one attached hydrogen (secondary N) is 1. The van der Waals surface area contributed by atoms with Gasteiger partial charge in [-0.1, -0.05) is 18.6 Å². The maximum absolute atomic E-state index is 6.17. The van der Waals surface area contributed by atoms with E-state index < -0.39 is 0 Å². The lowest BCUT2D eigenvalue weighted by Crippen LogP contribution is -2.46. The van der Waals surface area contributed by atoms with E-state index in [1.54, 1.807) is 7.11 Å². The molecule has 4 nitrogen and oxygen atoms in total. The van der Waals surface area contributed by atoms with Crippen LogP contribution in [0.3, 0.4) is 0 Å². The molecule has 1 atom stereocenters. The van der Waals surface area contributed by atoms with Gasteiger partial charge in [0.2, 0.25) is 0 Å². The summed E-state index contributed by atoms with van der Waals surface area (Å²) in [5.74, 6) is 0.973. The summed E-state index contributed by atoms with van der Waals surface area (Å²) in [6.45, 7) is 5.06. The van der Waals surface area contributed by atoms with E-state index in [0.717, 1.165) is 12.4 Å². The van der Waals surface area contributed by atoms with Gasteiger partial charge in [-0.25, -0.2) is 0 Å². The van der Waals surface area contributed by atoms with Gasteiger partial charge in [0, 0.05) is 31.7 Å². The number of methoxy groups -OCH3 is 1. The molecule has 0 amide bonds. The molecule has 4 heteroatoms. The number of benzene rings is 1. The summed E-state index contributed by atoms with van der Waals surface area (Å²) in [6, 6.07) is 8.95. The van der Waals surface area contributed by atoms with Gasteiger partial charge in [-0.3, -0.25) is 0 Å². The predicted octanol–water partition coefficient (Wildman–Crippen LogP) is 2.68. The van der Waals surface area contributed by atoms with Gasteiger partial charge in [0.15, 0.2) is 0 Å². The molecule has 128 valence electrons. The topological polar surface area (TPSA) is 33.7 Å². The molecule has 1 aliphatic heterocycles. The molecule has 1 saturated carbocycles. The zero-order chi connectivity index (χ0) is 16.1. The first kappa shape index (κ1) is 16.7. The van der Waals surface area contributed by atoms with Crippen LogP contribution in [0.4, 0.5) is 0 Å². The summed E-state index contributed by atoms with van der Waals surface area (Å²) >= 11 is 0. The molecular formula is C19H30N2O2. The van der Waals surface area contributed by atoms with E-state index in [9.17, 15) is 0 Å². The zero-order valence-corrected chi connectivity index (χ0v) is 14.5. The van der Waals surface area contributed by atoms with E-state index in [0.29, 0.717) is 18.1 Å². The molecule has 2 aliphatic rings. The summed E-state index contributed by atoms with van der Waals surface area (Å²) < 4.78 is 11.4. The van der Waals surface area contributed by atoms with Crippen LogP contribution < -0.4 is 10.1 Å². The van der Waals surface area contributed by atoms with Gasteiger partial charge >= 0.3 is 0 Å². The molecule has 0 bridgehead atoms. The van der Waals surface area contributed by atoms with Crippen molar-refractivity contribution in [1.82, 2.24) is 10.2 Å². The fourth-order valence-electron chi connectivity index (χ4n) is 3.84. The highest BCUT2D eigenvalue weighted by atomic mass is 16.5. The maximum Gasteiger partial charge on any atom is 0.119 e. The number of likely N-dealkylation sites (tertiary alicyclic amines) is 1. The van der Waals surface area contributed by atoms with Crippen molar-refractivity contribution in [3.05, 3.63) is 29.8 Å². The molecule has 1 aliphatic carbocycles. The Balaban J connectivity index is 1.54. The van der Waals surface area contributed by atoms with Crippen molar-refractivity contribution in [2.75, 3.05) is 40.4 Å². The second kappa shape index (κ2) is 7.65. The second-order valence-corrected chi connectivity index (χ2v) is 7.23. The molecule has 1 unspecified atom stereocenters. The summed E-state index contributed by atoms with van der Waals surface area (Å²) in [7, 11) is 3.80. The van der Waals surface area contributed by atoms with Crippen molar-refractivity contribution >= 4 is 0 Å². The van der Waals surface area contributed by atoms with Crippen LogP contribution in [0, 0.1) is 5.41 Å². The molecule has 0 radical (unpaired) electrons. The summed E-state index contributed by atoms with van der Waals surface area (Å²) in [5.41, 5.74) is 1.53. The zero-order valence-electron chi connectivity index (χ0n) is 14.5. The van der Waals surface area contributed by atoms with Crippen LogP contribution in [0.5, 0.6) is 5.75 Å². The standard InChI is InChI=1S/C19H30N2O2/c1-20-17-7-10-21(12-17)14-19(8-4-9-19)15-23-18-6-3-5-16(11-18)13-22-2/h3,5-6,11,17,20H,4,7-10,12-15H2,1-2H3. The van der Waals surface area contributed by atoms with Gasteiger partial charge < -0.3 is 19.7 Å². The molecule has 1 aromatic rings. The lowest BCUT2D eigenvalue weighted by atomic mass is 9.69. The van der Waals surface area contributed by atoms with Gasteiger partial charge in [-0.15, -0.1) is 0 Å². The van der Waals surface area contributed by atoms with Gasteiger partial charge in [-0.2, -0.15) is 0 Å². The monoisotopic (exact) mass is 318 g/mol. The third-order valence-corrected chi connectivity index (χ3v) is 5.41. The molecule has 1 N–H and O–H groups in total. The van der Waals surface area contributed by atoms with Crippen LogP contribution in [0.15, 0.2) is 24.3 Å². The third-order valence-electron chi connectivity index (χ3n) is 5.41. The number of nitrogens with zero attached hydrogens (tertiary/aromatic N) is 1. The SMILES string of the molecule is CNC1CCN(CC2(COc3cccc(COC)c3)CCC2)C1. The van der Waals surface area contributed by atoms with Crippen LogP contribution in [-0.2, 0) is 11.3 Å². The summed E-state index contributed by atoms with van der Waals surface area (Å²) in [6.07, 6.45) is 5.21. The minimum Gasteiger partial charge on any atom is -0.493 e. The largest absolute Gasteiger partial charge is 0.493 e. The van der Waals surface area contributed by atoms with E-state index in [2.05, 4.69) is 41.5 Å². The fraction of sp³-hybridized carbons (Fsp3) is 0.684. The Morgan fingerprint density at radius 3 is 2.87 bits per heavy atom. The molecule has 1 heterocycles. The van der Waals surface area contributed by atoms with Crippen molar-refractivity contribution in [3.8, 4) is 5.75 Å². The predicted molar refractivity (Wildman–Crippen MR) is 92.8 cm³/mol. The first-order valence-corrected chi connectivity index (χ1v) is 8.83. The molecule has 23 heavy (non-hydrogen) atoms. The average Bonchev–Trinajstić information content (AvgIpc) is 2.98. The van der Waals surface area contributed by atoms with Gasteiger partial charge in [0.05, 0.1) is 13.2 Å². The average molecular weight is 318 g/mol. The molecule has 0 spiro atoms. The Morgan fingerprint density at radius 1 is 1.35 bits per heavy atom. The molecule has 3 rings (SSSR count). The summed E-state index contributed by atoms with van der Waals surface area (Å²) in [4.78, 5) is 2.62. The highest BCUT2D eigenvalue weighted by Gasteiger charge is 2.40. The van der Waals surface area contributed by atoms with Crippen LogP contribution in [-0.4, -0.2) is 51.3 Å². The van der Waals surface area contributed by atoms with E-state index in [-0.39, 0.29) is 0 Å². The Kier molecular flexibility index (Phi) is 5.57. The number of hydrogen-bond acceptors (Lipinski definition) is 4. The fourth-order valence-corrected chi connectivity index (χ4v) is 3.84. The van der Waals surface area contributed by atoms with E-state index in [4.69, 9.17) is 9.47 Å². The Bertz CT molecular complexity index is 502. The van der Waals surface area contributed by atoms with Gasteiger partial charge in [-0.05, 0) is 50.6 Å². The lowest BCUT2D eigenvalue weighted by molar-refractivity contribution is 0.0238.